The van der Waals surface area contributed by atoms with Gasteiger partial charge in [-0.3, -0.25) is 19.7 Å². The summed E-state index contributed by atoms with van der Waals surface area (Å²) in [4.78, 5) is 39.6. The quantitative estimate of drug-likeness (QED) is 0.640. The minimum absolute atomic E-state index is 0.0357. The molecule has 0 aliphatic carbocycles. The van der Waals surface area contributed by atoms with Gasteiger partial charge in [0.2, 0.25) is 11.8 Å². The topological polar surface area (TPSA) is 107 Å². The third-order valence-corrected chi connectivity index (χ3v) is 6.15. The SMILES string of the molecule is C[C@]1(C(=O)O)N[C@H](c2cc(Cl)cc(Cl)c2O)[C@H]2C(=O)N(c3ccccc3)C(=O)[C@@H]21. The molecule has 2 aromatic rings. The Labute approximate surface area is 175 Å². The second-order valence-corrected chi connectivity index (χ2v) is 8.15. The molecule has 0 bridgehead atoms. The van der Waals surface area contributed by atoms with E-state index < -0.39 is 41.2 Å². The number of fused-ring (bicyclic) bond motifs is 1. The molecule has 29 heavy (non-hydrogen) atoms. The summed E-state index contributed by atoms with van der Waals surface area (Å²) < 4.78 is 0. The van der Waals surface area contributed by atoms with Gasteiger partial charge >= 0.3 is 5.97 Å². The molecule has 7 nitrogen and oxygen atoms in total. The second-order valence-electron chi connectivity index (χ2n) is 7.31. The Bertz CT molecular complexity index is 1040. The fourth-order valence-corrected chi connectivity index (χ4v) is 4.77. The Balaban J connectivity index is 1.88. The standard InChI is InChI=1S/C20H16Cl2N2O5/c1-20(19(28)29)14-13(15(23-20)11-7-9(21)8-12(22)16(11)25)17(26)24(18(14)27)10-5-3-2-4-6-10/h2-8,13-15,23,25H,1H3,(H,28,29)/t13-,14+,15+,20-/m0/s1. The van der Waals surface area contributed by atoms with Gasteiger partial charge in [-0.1, -0.05) is 41.4 Å². The molecule has 150 valence electrons. The number of halogens is 2. The first-order valence-electron chi connectivity index (χ1n) is 8.78. The fraction of sp³-hybridized carbons (Fsp3) is 0.250. The number of phenols is 1. The zero-order valence-electron chi connectivity index (χ0n) is 15.1. The lowest BCUT2D eigenvalue weighted by molar-refractivity contribution is -0.147. The van der Waals surface area contributed by atoms with E-state index in [1.807, 2.05) is 0 Å². The van der Waals surface area contributed by atoms with E-state index in [2.05, 4.69) is 5.32 Å². The predicted molar refractivity (Wildman–Crippen MR) is 106 cm³/mol. The lowest BCUT2D eigenvalue weighted by Gasteiger charge is -2.27. The Morgan fingerprint density at radius 2 is 1.79 bits per heavy atom. The Morgan fingerprint density at radius 3 is 2.41 bits per heavy atom. The highest BCUT2D eigenvalue weighted by molar-refractivity contribution is 6.35. The largest absolute Gasteiger partial charge is 0.506 e. The summed E-state index contributed by atoms with van der Waals surface area (Å²) >= 11 is 12.1. The summed E-state index contributed by atoms with van der Waals surface area (Å²) in [6.07, 6.45) is 0. The van der Waals surface area contributed by atoms with Gasteiger partial charge in [-0.15, -0.1) is 0 Å². The first kappa shape index (κ1) is 19.7. The van der Waals surface area contributed by atoms with Gasteiger partial charge in [-0.05, 0) is 31.2 Å². The third kappa shape index (κ3) is 2.80. The van der Waals surface area contributed by atoms with Crippen LogP contribution in [0.1, 0.15) is 18.5 Å². The van der Waals surface area contributed by atoms with Gasteiger partial charge in [0, 0.05) is 16.6 Å². The number of rotatable bonds is 3. The lowest BCUT2D eigenvalue weighted by atomic mass is 9.80. The molecule has 2 aliphatic heterocycles. The van der Waals surface area contributed by atoms with Gasteiger partial charge in [0.1, 0.15) is 11.3 Å². The molecular formula is C20H16Cl2N2O5. The number of para-hydroxylation sites is 1. The van der Waals surface area contributed by atoms with E-state index >= 15 is 0 Å². The summed E-state index contributed by atoms with van der Waals surface area (Å²) in [5.41, 5.74) is -1.21. The molecule has 2 aromatic carbocycles. The molecule has 0 aromatic heterocycles. The highest BCUT2D eigenvalue weighted by Gasteiger charge is 2.67. The smallest absolute Gasteiger partial charge is 0.324 e. The van der Waals surface area contributed by atoms with E-state index in [4.69, 9.17) is 23.2 Å². The van der Waals surface area contributed by atoms with E-state index in [9.17, 15) is 24.6 Å². The molecule has 2 saturated heterocycles. The van der Waals surface area contributed by atoms with Crippen LogP contribution in [0.3, 0.4) is 0 Å². The van der Waals surface area contributed by atoms with Gasteiger partial charge < -0.3 is 10.2 Å². The molecule has 2 amide bonds. The van der Waals surface area contributed by atoms with E-state index in [1.165, 1.54) is 19.1 Å². The second kappa shape index (κ2) is 6.73. The van der Waals surface area contributed by atoms with Crippen LogP contribution < -0.4 is 10.2 Å². The number of nitrogens with zero attached hydrogens (tertiary/aromatic N) is 1. The molecule has 0 radical (unpaired) electrons. The molecule has 4 atom stereocenters. The number of hydrogen-bond donors (Lipinski definition) is 3. The van der Waals surface area contributed by atoms with E-state index in [-0.39, 0.29) is 21.4 Å². The number of aliphatic carboxylic acids is 1. The number of carboxylic acids is 1. The van der Waals surface area contributed by atoms with Crippen LogP contribution in [0.5, 0.6) is 5.75 Å². The zero-order chi connectivity index (χ0) is 21.1. The van der Waals surface area contributed by atoms with E-state index in [0.29, 0.717) is 5.69 Å². The number of hydrogen-bond acceptors (Lipinski definition) is 5. The Morgan fingerprint density at radius 1 is 1.14 bits per heavy atom. The summed E-state index contributed by atoms with van der Waals surface area (Å²) in [5.74, 6) is -4.99. The number of carboxylic acid groups (broad SMARTS) is 1. The molecule has 3 N–H and O–H groups in total. The van der Waals surface area contributed by atoms with Crippen LogP contribution in [0.2, 0.25) is 10.0 Å². The number of benzene rings is 2. The predicted octanol–water partition coefficient (Wildman–Crippen LogP) is 2.99. The molecular weight excluding hydrogens is 419 g/mol. The van der Waals surface area contributed by atoms with Gasteiger partial charge in [0.15, 0.2) is 0 Å². The van der Waals surface area contributed by atoms with Crippen molar-refractivity contribution in [2.45, 2.75) is 18.5 Å². The van der Waals surface area contributed by atoms with Crippen molar-refractivity contribution in [3.05, 3.63) is 58.1 Å². The van der Waals surface area contributed by atoms with Crippen molar-refractivity contribution < 1.29 is 24.6 Å². The number of amides is 2. The van der Waals surface area contributed by atoms with Crippen molar-refractivity contribution >= 4 is 46.7 Å². The summed E-state index contributed by atoms with van der Waals surface area (Å²) in [5, 5.41) is 23.4. The summed E-state index contributed by atoms with van der Waals surface area (Å²) in [7, 11) is 0. The van der Waals surface area contributed by atoms with Crippen LogP contribution in [0.15, 0.2) is 42.5 Å². The fourth-order valence-electron chi connectivity index (χ4n) is 4.26. The van der Waals surface area contributed by atoms with Crippen molar-refractivity contribution in [1.82, 2.24) is 5.32 Å². The Hall–Kier alpha value is -2.61. The minimum Gasteiger partial charge on any atom is -0.506 e. The normalized spacial score (nSPS) is 28.7. The number of carbonyl (C=O) groups is 3. The lowest BCUT2D eigenvalue weighted by Crippen LogP contribution is -2.53. The monoisotopic (exact) mass is 434 g/mol. The first-order chi connectivity index (χ1) is 13.7. The van der Waals surface area contributed by atoms with Crippen LogP contribution in [0, 0.1) is 11.8 Å². The minimum atomic E-state index is -1.73. The maximum absolute atomic E-state index is 13.3. The van der Waals surface area contributed by atoms with Crippen molar-refractivity contribution in [3.8, 4) is 5.75 Å². The molecule has 0 spiro atoms. The molecule has 0 saturated carbocycles. The van der Waals surface area contributed by atoms with Gasteiger partial charge in [0.05, 0.1) is 22.5 Å². The zero-order valence-corrected chi connectivity index (χ0v) is 16.6. The average Bonchev–Trinajstić information content (AvgIpc) is 3.13. The molecule has 0 unspecified atom stereocenters. The van der Waals surface area contributed by atoms with Gasteiger partial charge in [-0.2, -0.15) is 0 Å². The van der Waals surface area contributed by atoms with Crippen LogP contribution in [0.25, 0.3) is 0 Å². The van der Waals surface area contributed by atoms with Crippen molar-refractivity contribution in [2.24, 2.45) is 11.8 Å². The molecule has 2 aliphatic rings. The van der Waals surface area contributed by atoms with Gasteiger partial charge in [0.25, 0.3) is 0 Å². The van der Waals surface area contributed by atoms with E-state index in [0.717, 1.165) is 4.90 Å². The molecule has 2 heterocycles. The number of phenolic OH excluding ortho intramolecular Hbond substituents is 1. The molecule has 2 fully saturated rings. The highest BCUT2D eigenvalue weighted by Crippen LogP contribution is 2.52. The van der Waals surface area contributed by atoms with Crippen LogP contribution in [-0.4, -0.2) is 33.5 Å². The molecule has 4 rings (SSSR count). The molecule has 9 heteroatoms. The number of anilines is 1. The Kier molecular flexibility index (Phi) is 4.57. The van der Waals surface area contributed by atoms with Crippen molar-refractivity contribution in [3.63, 3.8) is 0 Å². The number of imide groups is 1. The van der Waals surface area contributed by atoms with Crippen LogP contribution in [0.4, 0.5) is 5.69 Å². The van der Waals surface area contributed by atoms with Crippen molar-refractivity contribution in [2.75, 3.05) is 4.90 Å². The maximum Gasteiger partial charge on any atom is 0.324 e. The third-order valence-electron chi connectivity index (χ3n) is 5.64. The number of carbonyl (C=O) groups excluding carboxylic acids is 2. The summed E-state index contributed by atoms with van der Waals surface area (Å²) in [6, 6.07) is 10.1. The highest BCUT2D eigenvalue weighted by atomic mass is 35.5. The first-order valence-corrected chi connectivity index (χ1v) is 9.54. The van der Waals surface area contributed by atoms with Crippen LogP contribution in [-0.2, 0) is 14.4 Å². The average molecular weight is 435 g/mol. The number of nitrogens with one attached hydrogen (secondary N) is 1. The maximum atomic E-state index is 13.3. The van der Waals surface area contributed by atoms with E-state index in [1.54, 1.807) is 30.3 Å². The van der Waals surface area contributed by atoms with Crippen molar-refractivity contribution in [1.29, 1.82) is 0 Å². The number of aromatic hydroxyl groups is 1. The summed E-state index contributed by atoms with van der Waals surface area (Å²) in [6.45, 7) is 1.36. The van der Waals surface area contributed by atoms with Crippen LogP contribution >= 0.6 is 23.2 Å². The van der Waals surface area contributed by atoms with Gasteiger partial charge in [-0.25, -0.2) is 4.90 Å².